The average molecular weight is 387 g/mol. The van der Waals surface area contributed by atoms with Crippen molar-refractivity contribution in [2.75, 3.05) is 18.0 Å². The number of halogens is 1. The summed E-state index contributed by atoms with van der Waals surface area (Å²) in [4.78, 5) is 11.3. The van der Waals surface area contributed by atoms with E-state index in [1.54, 1.807) is 29.3 Å². The molecule has 6 heteroatoms. The van der Waals surface area contributed by atoms with Crippen molar-refractivity contribution in [3.63, 3.8) is 0 Å². The van der Waals surface area contributed by atoms with E-state index >= 15 is 0 Å². The van der Waals surface area contributed by atoms with Gasteiger partial charge in [0.1, 0.15) is 18.0 Å². The molecular weight excluding hydrogens is 365 g/mol. The molecule has 0 spiro atoms. The Kier molecular flexibility index (Phi) is 4.68. The highest BCUT2D eigenvalue weighted by Crippen LogP contribution is 2.32. The zero-order chi connectivity index (χ0) is 19.6. The van der Waals surface area contributed by atoms with E-state index in [0.717, 1.165) is 42.8 Å². The number of hydrogen-bond acceptors (Lipinski definition) is 4. The summed E-state index contributed by atoms with van der Waals surface area (Å²) in [6.45, 7) is 2.25. The van der Waals surface area contributed by atoms with Gasteiger partial charge in [0.15, 0.2) is 5.65 Å². The predicted molar refractivity (Wildman–Crippen MR) is 111 cm³/mol. The first-order valence-electron chi connectivity index (χ1n) is 9.99. The van der Waals surface area contributed by atoms with Gasteiger partial charge in [0, 0.05) is 18.7 Å². The van der Waals surface area contributed by atoms with Crippen molar-refractivity contribution in [3.05, 3.63) is 84.1 Å². The van der Waals surface area contributed by atoms with Crippen LogP contribution in [-0.4, -0.2) is 32.8 Å². The zero-order valence-electron chi connectivity index (χ0n) is 16.1. The Morgan fingerprint density at radius 3 is 2.48 bits per heavy atom. The minimum Gasteiger partial charge on any atom is -0.356 e. The average Bonchev–Trinajstić information content (AvgIpc) is 3.19. The van der Waals surface area contributed by atoms with Gasteiger partial charge in [-0.1, -0.05) is 48.5 Å². The van der Waals surface area contributed by atoms with Crippen LogP contribution in [0.5, 0.6) is 0 Å². The second kappa shape index (κ2) is 7.62. The second-order valence-corrected chi connectivity index (χ2v) is 7.50. The van der Waals surface area contributed by atoms with E-state index in [-0.39, 0.29) is 5.82 Å². The molecule has 1 saturated heterocycles. The summed E-state index contributed by atoms with van der Waals surface area (Å²) >= 11 is 0. The highest BCUT2D eigenvalue weighted by molar-refractivity contribution is 5.86. The van der Waals surface area contributed by atoms with Crippen molar-refractivity contribution < 1.29 is 4.39 Å². The van der Waals surface area contributed by atoms with Crippen LogP contribution < -0.4 is 4.90 Å². The lowest BCUT2D eigenvalue weighted by Gasteiger charge is -2.33. The fourth-order valence-corrected chi connectivity index (χ4v) is 4.19. The number of aromatic nitrogens is 4. The Morgan fingerprint density at radius 2 is 1.69 bits per heavy atom. The van der Waals surface area contributed by atoms with Crippen molar-refractivity contribution in [3.8, 4) is 0 Å². The van der Waals surface area contributed by atoms with Gasteiger partial charge in [-0.2, -0.15) is 5.10 Å². The maximum atomic E-state index is 14.0. The van der Waals surface area contributed by atoms with Crippen molar-refractivity contribution in [1.82, 2.24) is 19.7 Å². The topological polar surface area (TPSA) is 46.8 Å². The number of benzene rings is 2. The minimum atomic E-state index is -0.228. The van der Waals surface area contributed by atoms with Crippen molar-refractivity contribution in [2.45, 2.75) is 25.3 Å². The zero-order valence-corrected chi connectivity index (χ0v) is 16.1. The van der Waals surface area contributed by atoms with Gasteiger partial charge in [-0.05, 0) is 30.4 Å². The van der Waals surface area contributed by atoms with E-state index in [9.17, 15) is 4.39 Å². The third kappa shape index (κ3) is 3.46. The fourth-order valence-electron chi connectivity index (χ4n) is 4.19. The lowest BCUT2D eigenvalue weighted by atomic mass is 9.89. The molecule has 0 unspecified atom stereocenters. The van der Waals surface area contributed by atoms with Gasteiger partial charge in [0.2, 0.25) is 0 Å². The molecule has 0 amide bonds. The number of hydrogen-bond donors (Lipinski definition) is 0. The molecule has 3 heterocycles. The Balaban J connectivity index is 1.38. The van der Waals surface area contributed by atoms with Gasteiger partial charge in [0.05, 0.1) is 18.1 Å². The number of fused-ring (bicyclic) bond motifs is 1. The molecule has 146 valence electrons. The summed E-state index contributed by atoms with van der Waals surface area (Å²) < 4.78 is 15.8. The quantitative estimate of drug-likeness (QED) is 0.521. The molecule has 5 nitrogen and oxygen atoms in total. The molecule has 5 rings (SSSR count). The van der Waals surface area contributed by atoms with Crippen LogP contribution in [0.25, 0.3) is 11.0 Å². The third-order valence-electron chi connectivity index (χ3n) is 5.76. The molecular formula is C23H22FN5. The molecule has 0 radical (unpaired) electrons. The summed E-state index contributed by atoms with van der Waals surface area (Å²) in [5.74, 6) is 1.28. The number of piperidine rings is 1. The van der Waals surface area contributed by atoms with Crippen LogP contribution in [0.1, 0.15) is 29.9 Å². The first kappa shape index (κ1) is 17.8. The first-order valence-corrected chi connectivity index (χ1v) is 9.99. The van der Waals surface area contributed by atoms with E-state index < -0.39 is 0 Å². The highest BCUT2D eigenvalue weighted by Gasteiger charge is 2.23. The standard InChI is InChI=1S/C23H22FN5/c24-21-9-5-4-8-19(21)15-29-23-20(14-27-29)22(25-16-26-23)28-12-10-18(11-13-28)17-6-2-1-3-7-17/h1-9,14,16,18H,10-13,15H2. The van der Waals surface area contributed by atoms with Crippen LogP contribution in [0.3, 0.4) is 0 Å². The van der Waals surface area contributed by atoms with Gasteiger partial charge in [-0.25, -0.2) is 19.0 Å². The SMILES string of the molecule is Fc1ccccc1Cn1ncc2c(N3CCC(c4ccccc4)CC3)ncnc21. The van der Waals surface area contributed by atoms with Crippen LogP contribution in [0.15, 0.2) is 67.1 Å². The smallest absolute Gasteiger partial charge is 0.163 e. The molecule has 2 aromatic carbocycles. The molecule has 1 aliphatic rings. The molecule has 0 N–H and O–H groups in total. The van der Waals surface area contributed by atoms with Crippen LogP contribution >= 0.6 is 0 Å². The van der Waals surface area contributed by atoms with Crippen LogP contribution in [0, 0.1) is 5.82 Å². The van der Waals surface area contributed by atoms with E-state index in [2.05, 4.69) is 50.3 Å². The van der Waals surface area contributed by atoms with Crippen molar-refractivity contribution in [2.24, 2.45) is 0 Å². The first-order chi connectivity index (χ1) is 14.3. The summed E-state index contributed by atoms with van der Waals surface area (Å²) in [6.07, 6.45) is 5.58. The largest absolute Gasteiger partial charge is 0.356 e. The van der Waals surface area contributed by atoms with E-state index in [4.69, 9.17) is 0 Å². The van der Waals surface area contributed by atoms with Crippen LogP contribution in [0.2, 0.25) is 0 Å². The molecule has 1 fully saturated rings. The van der Waals surface area contributed by atoms with Gasteiger partial charge < -0.3 is 4.90 Å². The Hall–Kier alpha value is -3.28. The molecule has 0 saturated carbocycles. The maximum absolute atomic E-state index is 14.0. The Labute approximate surface area is 168 Å². The predicted octanol–water partition coefficient (Wildman–Crippen LogP) is 4.40. The van der Waals surface area contributed by atoms with E-state index in [1.807, 2.05) is 6.07 Å². The lowest BCUT2D eigenvalue weighted by Crippen LogP contribution is -2.33. The highest BCUT2D eigenvalue weighted by atomic mass is 19.1. The fraction of sp³-hybridized carbons (Fsp3) is 0.261. The molecule has 2 aromatic heterocycles. The normalized spacial score (nSPS) is 15.1. The van der Waals surface area contributed by atoms with Crippen molar-refractivity contribution >= 4 is 16.9 Å². The molecule has 4 aromatic rings. The molecule has 0 atom stereocenters. The Morgan fingerprint density at radius 1 is 0.931 bits per heavy atom. The lowest BCUT2D eigenvalue weighted by molar-refractivity contribution is 0.503. The maximum Gasteiger partial charge on any atom is 0.163 e. The Bertz CT molecular complexity index is 1120. The van der Waals surface area contributed by atoms with Gasteiger partial charge in [0.25, 0.3) is 0 Å². The van der Waals surface area contributed by atoms with Crippen LogP contribution in [-0.2, 0) is 6.54 Å². The molecule has 29 heavy (non-hydrogen) atoms. The third-order valence-corrected chi connectivity index (χ3v) is 5.76. The second-order valence-electron chi connectivity index (χ2n) is 7.50. The molecule has 1 aliphatic heterocycles. The van der Waals surface area contributed by atoms with Crippen LogP contribution in [0.4, 0.5) is 10.2 Å². The molecule has 0 aliphatic carbocycles. The van der Waals surface area contributed by atoms with Gasteiger partial charge >= 0.3 is 0 Å². The number of anilines is 1. The number of rotatable bonds is 4. The summed E-state index contributed by atoms with van der Waals surface area (Å²) in [5.41, 5.74) is 2.75. The van der Waals surface area contributed by atoms with E-state index in [1.165, 1.54) is 11.6 Å². The summed E-state index contributed by atoms with van der Waals surface area (Å²) in [5, 5.41) is 5.39. The van der Waals surface area contributed by atoms with Crippen molar-refractivity contribution in [1.29, 1.82) is 0 Å². The number of nitrogens with zero attached hydrogens (tertiary/aromatic N) is 5. The minimum absolute atomic E-state index is 0.228. The van der Waals surface area contributed by atoms with Gasteiger partial charge in [-0.15, -0.1) is 0 Å². The monoisotopic (exact) mass is 387 g/mol. The van der Waals surface area contributed by atoms with E-state index in [0.29, 0.717) is 18.0 Å². The van der Waals surface area contributed by atoms with Gasteiger partial charge in [-0.3, -0.25) is 0 Å². The summed E-state index contributed by atoms with van der Waals surface area (Å²) in [6, 6.07) is 17.5. The summed E-state index contributed by atoms with van der Waals surface area (Å²) in [7, 11) is 0. The molecule has 0 bridgehead atoms.